The molecule has 0 aromatic carbocycles. The van der Waals surface area contributed by atoms with Crippen molar-refractivity contribution in [1.29, 1.82) is 0 Å². The first-order valence-electron chi connectivity index (χ1n) is 8.99. The molecule has 0 radical (unpaired) electrons. The minimum atomic E-state index is -4.74. The summed E-state index contributed by atoms with van der Waals surface area (Å²) < 4.78 is 74.9. The number of hydrogen-bond donors (Lipinski definition) is 2. The van der Waals surface area contributed by atoms with Crippen molar-refractivity contribution in [2.75, 3.05) is 37.9 Å². The Labute approximate surface area is 166 Å². The quantitative estimate of drug-likeness (QED) is 0.693. The van der Waals surface area contributed by atoms with Crippen LogP contribution in [0.2, 0.25) is 0 Å². The number of aliphatic hydroxyl groups is 1. The highest BCUT2D eigenvalue weighted by Gasteiger charge is 2.43. The van der Waals surface area contributed by atoms with Crippen molar-refractivity contribution < 1.29 is 36.2 Å². The Hall–Kier alpha value is -1.70. The molecule has 13 heteroatoms. The maximum absolute atomic E-state index is 13.3. The van der Waals surface area contributed by atoms with Crippen molar-refractivity contribution in [3.63, 3.8) is 0 Å². The smallest absolute Gasteiger partial charge is 0.423 e. The molecule has 0 aliphatic carbocycles. The van der Waals surface area contributed by atoms with E-state index in [2.05, 4.69) is 15.3 Å². The predicted octanol–water partition coefficient (Wildman–Crippen LogP) is 0.860. The van der Waals surface area contributed by atoms with Gasteiger partial charge in [-0.25, -0.2) is 17.7 Å². The summed E-state index contributed by atoms with van der Waals surface area (Å²) in [5, 5.41) is 13.1. The lowest BCUT2D eigenvalue weighted by Crippen LogP contribution is -2.42. The van der Waals surface area contributed by atoms with Gasteiger partial charge in [0.1, 0.15) is 11.2 Å². The molecule has 0 amide bonds. The molecule has 2 fully saturated rings. The van der Waals surface area contributed by atoms with Gasteiger partial charge in [0.25, 0.3) is 0 Å². The molecule has 3 rings (SSSR count). The Morgan fingerprint density at radius 2 is 2.03 bits per heavy atom. The number of anilines is 1. The molecule has 2 aliphatic heterocycles. The third-order valence-electron chi connectivity index (χ3n) is 4.93. The molecule has 2 atom stereocenters. The van der Waals surface area contributed by atoms with Gasteiger partial charge in [-0.3, -0.25) is 0 Å². The normalized spacial score (nSPS) is 27.2. The van der Waals surface area contributed by atoms with Gasteiger partial charge in [0, 0.05) is 25.3 Å². The summed E-state index contributed by atoms with van der Waals surface area (Å²) >= 11 is 0. The second kappa shape index (κ2) is 7.85. The zero-order chi connectivity index (χ0) is 21.4. The molecule has 1 aromatic rings. The van der Waals surface area contributed by atoms with E-state index in [4.69, 9.17) is 9.47 Å². The summed E-state index contributed by atoms with van der Waals surface area (Å²) in [6, 6.07) is -0.199. The summed E-state index contributed by atoms with van der Waals surface area (Å²) in [5.74, 6) is -0.760. The molecule has 164 valence electrons. The fraction of sp³-hybridized carbons (Fsp3) is 0.750. The van der Waals surface area contributed by atoms with Crippen LogP contribution in [0.15, 0.2) is 6.20 Å². The van der Waals surface area contributed by atoms with Crippen LogP contribution in [0, 0.1) is 0 Å². The summed E-state index contributed by atoms with van der Waals surface area (Å²) in [7, 11) is -3.28. The molecular weight excluding hydrogens is 417 g/mol. The minimum absolute atomic E-state index is 0.0614. The summed E-state index contributed by atoms with van der Waals surface area (Å²) in [5.41, 5.74) is -2.60. The minimum Gasteiger partial charge on any atom is -0.468 e. The average Bonchev–Trinajstić information content (AvgIpc) is 2.92. The van der Waals surface area contributed by atoms with Crippen molar-refractivity contribution >= 4 is 16.0 Å². The van der Waals surface area contributed by atoms with Crippen molar-refractivity contribution in [3.05, 3.63) is 11.8 Å². The van der Waals surface area contributed by atoms with Crippen LogP contribution in [-0.4, -0.2) is 78.1 Å². The van der Waals surface area contributed by atoms with Gasteiger partial charge in [-0.15, -0.1) is 0 Å². The van der Waals surface area contributed by atoms with Gasteiger partial charge in [0.15, 0.2) is 6.10 Å². The van der Waals surface area contributed by atoms with Gasteiger partial charge in [-0.05, 0) is 19.8 Å². The third kappa shape index (κ3) is 5.27. The van der Waals surface area contributed by atoms with Gasteiger partial charge >= 0.3 is 6.18 Å². The Morgan fingerprint density at radius 1 is 1.38 bits per heavy atom. The number of halogens is 3. The van der Waals surface area contributed by atoms with E-state index in [1.807, 2.05) is 0 Å². The van der Waals surface area contributed by atoms with Gasteiger partial charge in [-0.1, -0.05) is 0 Å². The number of nitrogens with one attached hydrogen (secondary N) is 1. The van der Waals surface area contributed by atoms with Crippen LogP contribution in [-0.2, 0) is 20.9 Å². The van der Waals surface area contributed by atoms with Crippen molar-refractivity contribution in [2.24, 2.45) is 0 Å². The van der Waals surface area contributed by atoms with Crippen LogP contribution in [0.5, 0.6) is 5.88 Å². The molecule has 2 N–H and O–H groups in total. The molecule has 9 nitrogen and oxygen atoms in total. The molecule has 3 heterocycles. The lowest BCUT2D eigenvalue weighted by Gasteiger charge is -2.30. The second-order valence-electron chi connectivity index (χ2n) is 7.47. The Kier molecular flexibility index (Phi) is 5.96. The standard InChI is InChI=1S/C16H23F3N4O5S/c1-15(24)9-27-8-12(15)28-13-11(16(17,18)19)7-20-14(22-13)21-10-3-5-23(6-4-10)29(2,25)26/h7,10,12,24H,3-6,8-9H2,1-2H3,(H,20,21,22)/t12?,15-/m1/s1. The predicted molar refractivity (Wildman–Crippen MR) is 96.0 cm³/mol. The molecule has 0 bridgehead atoms. The van der Waals surface area contributed by atoms with E-state index in [0.29, 0.717) is 32.1 Å². The van der Waals surface area contributed by atoms with Gasteiger partial charge < -0.3 is 19.9 Å². The molecule has 2 aliphatic rings. The Morgan fingerprint density at radius 3 is 2.55 bits per heavy atom. The summed E-state index contributed by atoms with van der Waals surface area (Å²) in [6.45, 7) is 1.87. The number of ether oxygens (including phenoxy) is 2. The van der Waals surface area contributed by atoms with E-state index in [1.165, 1.54) is 11.2 Å². The summed E-state index contributed by atoms with van der Waals surface area (Å²) in [4.78, 5) is 7.60. The topological polar surface area (TPSA) is 114 Å². The number of piperidine rings is 1. The van der Waals surface area contributed by atoms with Gasteiger partial charge in [-0.2, -0.15) is 18.2 Å². The molecular formula is C16H23F3N4O5S. The highest BCUT2D eigenvalue weighted by molar-refractivity contribution is 7.88. The van der Waals surface area contributed by atoms with Crippen molar-refractivity contribution in [3.8, 4) is 5.88 Å². The molecule has 1 unspecified atom stereocenters. The molecule has 0 saturated carbocycles. The Balaban J connectivity index is 1.75. The van der Waals surface area contributed by atoms with E-state index in [-0.39, 0.29) is 25.2 Å². The fourth-order valence-electron chi connectivity index (χ4n) is 3.18. The van der Waals surface area contributed by atoms with E-state index in [0.717, 1.165) is 6.26 Å². The number of sulfonamides is 1. The largest absolute Gasteiger partial charge is 0.468 e. The van der Waals surface area contributed by atoms with Crippen LogP contribution < -0.4 is 10.1 Å². The first kappa shape index (κ1) is 22.0. The first-order valence-corrected chi connectivity index (χ1v) is 10.8. The SMILES string of the molecule is C[C@@]1(O)COCC1Oc1nc(NC2CCN(S(C)(=O)=O)CC2)ncc1C(F)(F)F. The lowest BCUT2D eigenvalue weighted by atomic mass is 10.0. The van der Waals surface area contributed by atoms with Crippen LogP contribution in [0.25, 0.3) is 0 Å². The lowest BCUT2D eigenvalue weighted by molar-refractivity contribution is -0.140. The monoisotopic (exact) mass is 440 g/mol. The van der Waals surface area contributed by atoms with E-state index in [1.54, 1.807) is 0 Å². The van der Waals surface area contributed by atoms with Crippen LogP contribution in [0.1, 0.15) is 25.3 Å². The van der Waals surface area contributed by atoms with Gasteiger partial charge in [0.2, 0.25) is 21.9 Å². The zero-order valence-corrected chi connectivity index (χ0v) is 16.8. The van der Waals surface area contributed by atoms with Crippen LogP contribution in [0.4, 0.5) is 19.1 Å². The first-order chi connectivity index (χ1) is 13.4. The maximum Gasteiger partial charge on any atom is 0.423 e. The van der Waals surface area contributed by atoms with Crippen molar-refractivity contribution in [1.82, 2.24) is 14.3 Å². The highest BCUT2D eigenvalue weighted by Crippen LogP contribution is 2.37. The molecule has 2 saturated heterocycles. The number of hydrogen-bond acceptors (Lipinski definition) is 8. The average molecular weight is 440 g/mol. The summed E-state index contributed by atoms with van der Waals surface area (Å²) in [6.07, 6.45) is -3.08. The fourth-order valence-corrected chi connectivity index (χ4v) is 4.05. The Bertz CT molecular complexity index is 841. The number of alkyl halides is 3. The number of aromatic nitrogens is 2. The van der Waals surface area contributed by atoms with Gasteiger partial charge in [0.05, 0.1) is 19.5 Å². The van der Waals surface area contributed by atoms with E-state index in [9.17, 15) is 26.7 Å². The molecule has 29 heavy (non-hydrogen) atoms. The molecule has 0 spiro atoms. The molecule has 1 aromatic heterocycles. The second-order valence-corrected chi connectivity index (χ2v) is 9.45. The number of nitrogens with zero attached hydrogens (tertiary/aromatic N) is 3. The highest BCUT2D eigenvalue weighted by atomic mass is 32.2. The third-order valence-corrected chi connectivity index (χ3v) is 6.23. The van der Waals surface area contributed by atoms with Crippen LogP contribution >= 0.6 is 0 Å². The zero-order valence-electron chi connectivity index (χ0n) is 15.9. The van der Waals surface area contributed by atoms with E-state index < -0.39 is 39.3 Å². The maximum atomic E-state index is 13.3. The van der Waals surface area contributed by atoms with Crippen molar-refractivity contribution in [2.45, 2.75) is 43.7 Å². The van der Waals surface area contributed by atoms with Crippen LogP contribution in [0.3, 0.4) is 0 Å². The van der Waals surface area contributed by atoms with E-state index >= 15 is 0 Å². The number of rotatable bonds is 5.